The van der Waals surface area contributed by atoms with Crippen molar-refractivity contribution in [3.05, 3.63) is 95.3 Å². The number of halogens is 1. The van der Waals surface area contributed by atoms with Gasteiger partial charge in [0.1, 0.15) is 0 Å². The third-order valence-corrected chi connectivity index (χ3v) is 6.37. The van der Waals surface area contributed by atoms with Crippen molar-refractivity contribution in [2.75, 3.05) is 37.6 Å². The predicted octanol–water partition coefficient (Wildman–Crippen LogP) is 3.03. The van der Waals surface area contributed by atoms with Crippen molar-refractivity contribution in [2.24, 2.45) is 0 Å². The van der Waals surface area contributed by atoms with E-state index in [1.807, 2.05) is 54.7 Å². The smallest absolute Gasteiger partial charge is 0.309 e. The second-order valence-electron chi connectivity index (χ2n) is 8.14. The number of piperazine rings is 1. The van der Waals surface area contributed by atoms with Crippen LogP contribution in [0.15, 0.2) is 79.1 Å². The summed E-state index contributed by atoms with van der Waals surface area (Å²) in [6.07, 6.45) is 3.55. The molecule has 2 amide bonds. The number of nitrogens with zero attached hydrogens (tertiary/aromatic N) is 3. The highest BCUT2D eigenvalue weighted by Crippen LogP contribution is 2.23. The molecule has 8 heteroatoms. The number of benzene rings is 2. The van der Waals surface area contributed by atoms with Gasteiger partial charge in [-0.25, -0.2) is 0 Å². The summed E-state index contributed by atoms with van der Waals surface area (Å²) in [6, 6.07) is 21.4. The molecular formula is C26H28ClN5O2. The first-order chi connectivity index (χ1) is 16.6. The Labute approximate surface area is 204 Å². The molecule has 176 valence electrons. The highest BCUT2D eigenvalue weighted by Gasteiger charge is 2.26. The maximum Gasteiger partial charge on any atom is 0.309 e. The van der Waals surface area contributed by atoms with Gasteiger partial charge in [-0.3, -0.25) is 19.5 Å². The number of anilines is 1. The van der Waals surface area contributed by atoms with Gasteiger partial charge in [-0.2, -0.15) is 0 Å². The molecule has 4 rings (SSSR count). The molecule has 0 saturated carbocycles. The average Bonchev–Trinajstić information content (AvgIpc) is 2.89. The molecule has 1 atom stereocenters. The number of pyridine rings is 1. The van der Waals surface area contributed by atoms with Crippen molar-refractivity contribution in [1.29, 1.82) is 0 Å². The molecule has 2 N–H and O–H groups in total. The zero-order chi connectivity index (χ0) is 23.8. The third-order valence-electron chi connectivity index (χ3n) is 6.00. The molecule has 0 spiro atoms. The maximum absolute atomic E-state index is 12.5. The van der Waals surface area contributed by atoms with E-state index in [0.717, 1.165) is 37.3 Å². The summed E-state index contributed by atoms with van der Waals surface area (Å²) in [5.41, 5.74) is 2.98. The summed E-state index contributed by atoms with van der Waals surface area (Å²) in [5.74, 6) is -1.34. The second kappa shape index (κ2) is 11.6. The van der Waals surface area contributed by atoms with Gasteiger partial charge in [-0.15, -0.1) is 0 Å². The maximum atomic E-state index is 12.5. The van der Waals surface area contributed by atoms with E-state index in [1.54, 1.807) is 12.3 Å². The molecule has 2 heterocycles. The van der Waals surface area contributed by atoms with Crippen molar-refractivity contribution in [3.8, 4) is 0 Å². The lowest BCUT2D eigenvalue weighted by atomic mass is 10.1. The standard InChI is InChI=1S/C26H28ClN5O2/c27-23-11-5-4-7-20(23)18-29-25(33)26(34)30-19-24(21-8-6-12-28-17-21)32-15-13-31(14-16-32)22-9-2-1-3-10-22/h1-12,17,24H,13-16,18-19H2,(H,29,33)(H,30,34). The van der Waals surface area contributed by atoms with Crippen LogP contribution in [-0.2, 0) is 16.1 Å². The fourth-order valence-corrected chi connectivity index (χ4v) is 4.33. The second-order valence-corrected chi connectivity index (χ2v) is 8.55. The van der Waals surface area contributed by atoms with Crippen LogP contribution in [0.3, 0.4) is 0 Å². The number of hydrogen-bond acceptors (Lipinski definition) is 5. The van der Waals surface area contributed by atoms with Gasteiger partial charge in [0.2, 0.25) is 0 Å². The van der Waals surface area contributed by atoms with E-state index >= 15 is 0 Å². The Hall–Kier alpha value is -3.42. The van der Waals surface area contributed by atoms with Crippen LogP contribution in [0.1, 0.15) is 17.2 Å². The van der Waals surface area contributed by atoms with Crippen LogP contribution in [0.25, 0.3) is 0 Å². The van der Waals surface area contributed by atoms with Crippen LogP contribution >= 0.6 is 11.6 Å². The van der Waals surface area contributed by atoms with Crippen LogP contribution in [-0.4, -0.2) is 54.4 Å². The third kappa shape index (κ3) is 6.12. The summed E-state index contributed by atoms with van der Waals surface area (Å²) in [7, 11) is 0. The van der Waals surface area contributed by atoms with Crippen molar-refractivity contribution >= 4 is 29.1 Å². The van der Waals surface area contributed by atoms with Gasteiger partial charge in [0.25, 0.3) is 0 Å². The highest BCUT2D eigenvalue weighted by molar-refractivity contribution is 6.35. The van der Waals surface area contributed by atoms with Crippen molar-refractivity contribution < 1.29 is 9.59 Å². The summed E-state index contributed by atoms with van der Waals surface area (Å²) in [5, 5.41) is 5.99. The quantitative estimate of drug-likeness (QED) is 0.511. The number of amides is 2. The normalized spacial score (nSPS) is 14.9. The van der Waals surface area contributed by atoms with Gasteiger partial charge < -0.3 is 15.5 Å². The Morgan fingerprint density at radius 1 is 0.882 bits per heavy atom. The number of rotatable bonds is 7. The SMILES string of the molecule is O=C(NCc1ccccc1Cl)C(=O)NCC(c1cccnc1)N1CCN(c2ccccc2)CC1. The van der Waals surface area contributed by atoms with Crippen molar-refractivity contribution in [2.45, 2.75) is 12.6 Å². The van der Waals surface area contributed by atoms with Gasteiger partial charge in [0.05, 0.1) is 6.04 Å². The monoisotopic (exact) mass is 477 g/mol. The van der Waals surface area contributed by atoms with Crippen molar-refractivity contribution in [1.82, 2.24) is 20.5 Å². The summed E-state index contributed by atoms with van der Waals surface area (Å²) >= 11 is 6.13. The molecule has 7 nitrogen and oxygen atoms in total. The molecule has 1 saturated heterocycles. The van der Waals surface area contributed by atoms with E-state index in [2.05, 4.69) is 37.6 Å². The molecular weight excluding hydrogens is 450 g/mol. The lowest BCUT2D eigenvalue weighted by molar-refractivity contribution is -0.139. The molecule has 1 aromatic heterocycles. The van der Waals surface area contributed by atoms with E-state index in [9.17, 15) is 9.59 Å². The average molecular weight is 478 g/mol. The lowest BCUT2D eigenvalue weighted by Crippen LogP contribution is -2.50. The fourth-order valence-electron chi connectivity index (χ4n) is 4.13. The van der Waals surface area contributed by atoms with Crippen LogP contribution in [0.2, 0.25) is 5.02 Å². The zero-order valence-corrected chi connectivity index (χ0v) is 19.6. The number of carbonyl (C=O) groups is 2. The minimum Gasteiger partial charge on any atom is -0.369 e. The Morgan fingerprint density at radius 3 is 2.29 bits per heavy atom. The van der Waals surface area contributed by atoms with Gasteiger partial charge in [0.15, 0.2) is 0 Å². The predicted molar refractivity (Wildman–Crippen MR) is 134 cm³/mol. The number of aromatic nitrogens is 1. The molecule has 1 aliphatic heterocycles. The van der Waals surface area contributed by atoms with E-state index in [-0.39, 0.29) is 12.6 Å². The van der Waals surface area contributed by atoms with Crippen LogP contribution in [0.4, 0.5) is 5.69 Å². The summed E-state index contributed by atoms with van der Waals surface area (Å²) in [4.78, 5) is 33.8. The first-order valence-corrected chi connectivity index (χ1v) is 11.7. The van der Waals surface area contributed by atoms with Crippen LogP contribution < -0.4 is 15.5 Å². The molecule has 0 aliphatic carbocycles. The number of para-hydroxylation sites is 1. The topological polar surface area (TPSA) is 77.6 Å². The van der Waals surface area contributed by atoms with Gasteiger partial charge >= 0.3 is 11.8 Å². The van der Waals surface area contributed by atoms with E-state index in [4.69, 9.17) is 11.6 Å². The van der Waals surface area contributed by atoms with Crippen molar-refractivity contribution in [3.63, 3.8) is 0 Å². The largest absolute Gasteiger partial charge is 0.369 e. The first-order valence-electron chi connectivity index (χ1n) is 11.3. The fraction of sp³-hybridized carbons (Fsp3) is 0.269. The number of carbonyl (C=O) groups excluding carboxylic acids is 2. The summed E-state index contributed by atoms with van der Waals surface area (Å²) < 4.78 is 0. The Kier molecular flexibility index (Phi) is 8.12. The highest BCUT2D eigenvalue weighted by atomic mass is 35.5. The van der Waals surface area contributed by atoms with E-state index in [1.165, 1.54) is 5.69 Å². The number of nitrogens with one attached hydrogen (secondary N) is 2. The molecule has 1 aliphatic rings. The Bertz CT molecular complexity index is 1090. The molecule has 2 aromatic carbocycles. The molecule has 1 unspecified atom stereocenters. The number of hydrogen-bond donors (Lipinski definition) is 2. The molecule has 0 bridgehead atoms. The summed E-state index contributed by atoms with van der Waals surface area (Å²) in [6.45, 7) is 3.95. The molecule has 3 aromatic rings. The van der Waals surface area contributed by atoms with Crippen LogP contribution in [0.5, 0.6) is 0 Å². The van der Waals surface area contributed by atoms with Gasteiger partial charge in [0, 0.05) is 62.4 Å². The molecule has 34 heavy (non-hydrogen) atoms. The minimum atomic E-state index is -0.682. The Balaban J connectivity index is 1.35. The molecule has 1 fully saturated rings. The van der Waals surface area contributed by atoms with Crippen LogP contribution in [0, 0.1) is 0 Å². The Morgan fingerprint density at radius 2 is 1.59 bits per heavy atom. The van der Waals surface area contributed by atoms with Gasteiger partial charge in [-0.1, -0.05) is 54.1 Å². The van der Waals surface area contributed by atoms with E-state index < -0.39 is 11.8 Å². The van der Waals surface area contributed by atoms with Gasteiger partial charge in [-0.05, 0) is 35.4 Å². The minimum absolute atomic E-state index is 0.0769. The zero-order valence-electron chi connectivity index (χ0n) is 18.9. The van der Waals surface area contributed by atoms with E-state index in [0.29, 0.717) is 11.6 Å². The molecule has 0 radical (unpaired) electrons. The lowest BCUT2D eigenvalue weighted by Gasteiger charge is -2.40. The first kappa shape index (κ1) is 23.7.